The van der Waals surface area contributed by atoms with Crippen LogP contribution in [-0.2, 0) is 16.0 Å². The number of carbonyl (C=O) groups is 2. The van der Waals surface area contributed by atoms with Crippen LogP contribution in [0.2, 0.25) is 0 Å². The lowest BCUT2D eigenvalue weighted by atomic mass is 9.72. The van der Waals surface area contributed by atoms with Crippen LogP contribution in [-0.4, -0.2) is 42.3 Å². The Balaban J connectivity index is 2.25. The number of rotatable bonds is 4. The van der Waals surface area contributed by atoms with E-state index >= 15 is 0 Å². The number of carboxylic acid groups (broad SMARTS) is 1. The van der Waals surface area contributed by atoms with Gasteiger partial charge in [-0.05, 0) is 43.4 Å². The van der Waals surface area contributed by atoms with Gasteiger partial charge in [0, 0.05) is 17.6 Å². The summed E-state index contributed by atoms with van der Waals surface area (Å²) in [6.07, 6.45) is 0.264. The number of nitrogens with zero attached hydrogens (tertiary/aromatic N) is 1. The van der Waals surface area contributed by atoms with Gasteiger partial charge in [-0.3, -0.25) is 4.79 Å². The van der Waals surface area contributed by atoms with Gasteiger partial charge in [-0.1, -0.05) is 28.1 Å². The third-order valence-electron chi connectivity index (χ3n) is 4.47. The fourth-order valence-corrected chi connectivity index (χ4v) is 3.59. The van der Waals surface area contributed by atoms with Crippen LogP contribution in [0.3, 0.4) is 0 Å². The molecule has 1 heterocycles. The van der Waals surface area contributed by atoms with Gasteiger partial charge in [-0.2, -0.15) is 0 Å². The molecule has 5 nitrogen and oxygen atoms in total. The lowest BCUT2D eigenvalue weighted by molar-refractivity contribution is -0.155. The summed E-state index contributed by atoms with van der Waals surface area (Å²) in [5, 5.41) is 9.12. The second-order valence-electron chi connectivity index (χ2n) is 5.93. The molecule has 1 amide bonds. The first-order valence-corrected chi connectivity index (χ1v) is 7.97. The van der Waals surface area contributed by atoms with E-state index < -0.39 is 11.5 Å². The average molecular weight is 370 g/mol. The Labute approximate surface area is 138 Å². The fourth-order valence-electron chi connectivity index (χ4n) is 3.14. The molecule has 2 rings (SSSR count). The maximum Gasteiger partial charge on any atom is 0.407 e. The third kappa shape index (κ3) is 3.43. The molecular weight excluding hydrogens is 350 g/mol. The van der Waals surface area contributed by atoms with Crippen LogP contribution >= 0.6 is 15.9 Å². The molecule has 0 saturated carbocycles. The highest BCUT2D eigenvalue weighted by Gasteiger charge is 2.46. The van der Waals surface area contributed by atoms with E-state index in [1.807, 2.05) is 31.2 Å². The second kappa shape index (κ2) is 6.69. The molecule has 1 aromatic carbocycles. The first-order chi connectivity index (χ1) is 10.4. The van der Waals surface area contributed by atoms with E-state index in [2.05, 4.69) is 15.9 Å². The molecule has 1 aliphatic heterocycles. The van der Waals surface area contributed by atoms with Crippen molar-refractivity contribution in [1.82, 2.24) is 4.90 Å². The third-order valence-corrected chi connectivity index (χ3v) is 4.97. The predicted octanol–water partition coefficient (Wildman–Crippen LogP) is 3.17. The van der Waals surface area contributed by atoms with Gasteiger partial charge >= 0.3 is 12.1 Å². The minimum absolute atomic E-state index is 0.0463. The van der Waals surface area contributed by atoms with Crippen molar-refractivity contribution in [2.75, 3.05) is 20.2 Å². The molecule has 1 aliphatic rings. The SMILES string of the molecule is COC(=O)C(C)(Cc1cccc(Br)c1)[C@H]1CCN(C(=O)O)C1. The topological polar surface area (TPSA) is 66.8 Å². The average Bonchev–Trinajstić information content (AvgIpc) is 2.96. The smallest absolute Gasteiger partial charge is 0.407 e. The second-order valence-corrected chi connectivity index (χ2v) is 6.85. The molecule has 0 spiro atoms. The van der Waals surface area contributed by atoms with Crippen molar-refractivity contribution in [3.63, 3.8) is 0 Å². The summed E-state index contributed by atoms with van der Waals surface area (Å²) >= 11 is 3.43. The highest BCUT2D eigenvalue weighted by Crippen LogP contribution is 2.39. The minimum Gasteiger partial charge on any atom is -0.469 e. The number of amides is 1. The van der Waals surface area contributed by atoms with E-state index in [-0.39, 0.29) is 11.9 Å². The van der Waals surface area contributed by atoms with Crippen molar-refractivity contribution in [1.29, 1.82) is 0 Å². The van der Waals surface area contributed by atoms with Gasteiger partial charge in [0.15, 0.2) is 0 Å². The first kappa shape index (κ1) is 16.8. The monoisotopic (exact) mass is 369 g/mol. The molecule has 1 saturated heterocycles. The van der Waals surface area contributed by atoms with E-state index in [1.165, 1.54) is 12.0 Å². The first-order valence-electron chi connectivity index (χ1n) is 7.17. The molecule has 0 aliphatic carbocycles. The van der Waals surface area contributed by atoms with Crippen LogP contribution in [0.25, 0.3) is 0 Å². The quantitative estimate of drug-likeness (QED) is 0.827. The summed E-state index contributed by atoms with van der Waals surface area (Å²) in [5.74, 6) is -0.334. The maximum absolute atomic E-state index is 12.4. The Kier molecular flexibility index (Phi) is 5.11. The zero-order chi connectivity index (χ0) is 16.3. The van der Waals surface area contributed by atoms with Gasteiger partial charge < -0.3 is 14.7 Å². The number of halogens is 1. The van der Waals surface area contributed by atoms with Crippen LogP contribution in [0.15, 0.2) is 28.7 Å². The number of benzene rings is 1. The number of likely N-dealkylation sites (tertiary alicyclic amines) is 1. The molecule has 1 unspecified atom stereocenters. The highest BCUT2D eigenvalue weighted by molar-refractivity contribution is 9.10. The zero-order valence-corrected chi connectivity index (χ0v) is 14.3. The molecular formula is C16H20BrNO4. The Morgan fingerprint density at radius 1 is 1.50 bits per heavy atom. The summed E-state index contributed by atoms with van der Waals surface area (Å²) in [5.41, 5.74) is 0.288. The van der Waals surface area contributed by atoms with Gasteiger partial charge in [-0.15, -0.1) is 0 Å². The number of esters is 1. The van der Waals surface area contributed by atoms with E-state index in [4.69, 9.17) is 9.84 Å². The zero-order valence-electron chi connectivity index (χ0n) is 12.7. The Hall–Kier alpha value is -1.56. The van der Waals surface area contributed by atoms with Gasteiger partial charge in [0.05, 0.1) is 12.5 Å². The molecule has 1 N–H and O–H groups in total. The Morgan fingerprint density at radius 2 is 2.23 bits per heavy atom. The van der Waals surface area contributed by atoms with Crippen LogP contribution in [0.5, 0.6) is 0 Å². The highest BCUT2D eigenvalue weighted by atomic mass is 79.9. The summed E-state index contributed by atoms with van der Waals surface area (Å²) < 4.78 is 5.96. The van der Waals surface area contributed by atoms with Gasteiger partial charge in [0.2, 0.25) is 0 Å². The number of hydrogen-bond donors (Lipinski definition) is 1. The van der Waals surface area contributed by atoms with Crippen molar-refractivity contribution in [2.24, 2.45) is 11.3 Å². The van der Waals surface area contributed by atoms with Crippen molar-refractivity contribution in [2.45, 2.75) is 19.8 Å². The molecule has 120 valence electrons. The fraction of sp³-hybridized carbons (Fsp3) is 0.500. The number of hydrogen-bond acceptors (Lipinski definition) is 3. The predicted molar refractivity (Wildman–Crippen MR) is 85.7 cm³/mol. The standard InChI is InChI=1S/C16H20BrNO4/c1-16(14(19)22-2,9-11-4-3-5-13(17)8-11)12-6-7-18(10-12)15(20)21/h3-5,8,12H,6-7,9-10H2,1-2H3,(H,20,21)/t12-,16?/m0/s1. The summed E-state index contributed by atoms with van der Waals surface area (Å²) in [4.78, 5) is 24.9. The van der Waals surface area contributed by atoms with Crippen LogP contribution in [0, 0.1) is 11.3 Å². The number of carbonyl (C=O) groups excluding carboxylic acids is 1. The molecule has 1 aromatic rings. The number of ether oxygens (including phenoxy) is 1. The van der Waals surface area contributed by atoms with Crippen molar-refractivity contribution in [3.05, 3.63) is 34.3 Å². The van der Waals surface area contributed by atoms with Gasteiger partial charge in [0.25, 0.3) is 0 Å². The van der Waals surface area contributed by atoms with E-state index in [1.54, 1.807) is 0 Å². The summed E-state index contributed by atoms with van der Waals surface area (Å²) in [6.45, 7) is 2.70. The van der Waals surface area contributed by atoms with Crippen LogP contribution in [0.4, 0.5) is 4.79 Å². The maximum atomic E-state index is 12.4. The molecule has 0 aromatic heterocycles. The van der Waals surface area contributed by atoms with Crippen molar-refractivity contribution in [3.8, 4) is 0 Å². The van der Waals surface area contributed by atoms with Gasteiger partial charge in [0.1, 0.15) is 0 Å². The summed E-state index contributed by atoms with van der Waals surface area (Å²) in [7, 11) is 1.38. The normalized spacial score (nSPS) is 20.5. The van der Waals surface area contributed by atoms with Crippen LogP contribution in [0.1, 0.15) is 18.9 Å². The Bertz CT molecular complexity index is 577. The van der Waals surface area contributed by atoms with E-state index in [0.29, 0.717) is 25.9 Å². The van der Waals surface area contributed by atoms with Crippen LogP contribution < -0.4 is 0 Å². The van der Waals surface area contributed by atoms with Gasteiger partial charge in [-0.25, -0.2) is 4.79 Å². The Morgan fingerprint density at radius 3 is 2.77 bits per heavy atom. The van der Waals surface area contributed by atoms with E-state index in [9.17, 15) is 9.59 Å². The molecule has 0 bridgehead atoms. The lowest BCUT2D eigenvalue weighted by Crippen LogP contribution is -2.41. The molecule has 2 atom stereocenters. The summed E-state index contributed by atoms with van der Waals surface area (Å²) in [6, 6.07) is 7.80. The van der Waals surface area contributed by atoms with Crippen molar-refractivity contribution < 1.29 is 19.4 Å². The van der Waals surface area contributed by atoms with Crippen molar-refractivity contribution >= 4 is 28.0 Å². The van der Waals surface area contributed by atoms with E-state index in [0.717, 1.165) is 10.0 Å². The molecule has 0 radical (unpaired) electrons. The number of methoxy groups -OCH3 is 1. The molecule has 22 heavy (non-hydrogen) atoms. The molecule has 1 fully saturated rings. The molecule has 6 heteroatoms. The largest absolute Gasteiger partial charge is 0.469 e. The lowest BCUT2D eigenvalue weighted by Gasteiger charge is -2.32. The minimum atomic E-state index is -0.933.